The van der Waals surface area contributed by atoms with Gasteiger partial charge >= 0.3 is 0 Å². The smallest absolute Gasteiger partial charge is 0.266 e. The second-order valence-electron chi connectivity index (χ2n) is 6.77. The van der Waals surface area contributed by atoms with Crippen molar-refractivity contribution in [3.05, 3.63) is 75.3 Å². The molecular weight excluding hydrogens is 432 g/mol. The molecule has 0 atom stereocenters. The third-order valence-electron chi connectivity index (χ3n) is 4.67. The third-order valence-corrected chi connectivity index (χ3v) is 4.67. The van der Waals surface area contributed by atoms with Crippen molar-refractivity contribution in [2.24, 2.45) is 0 Å². The predicted molar refractivity (Wildman–Crippen MR) is 115 cm³/mol. The number of nitrogen functional groups attached to an aromatic ring is 2. The van der Waals surface area contributed by atoms with Crippen molar-refractivity contribution < 1.29 is 8.78 Å². The largest absolute Gasteiger partial charge is 0.382 e. The van der Waals surface area contributed by atoms with Gasteiger partial charge in [0.25, 0.3) is 5.56 Å². The quantitative estimate of drug-likeness (QED) is 0.424. The van der Waals surface area contributed by atoms with Crippen molar-refractivity contribution >= 4 is 28.5 Å². The maximum Gasteiger partial charge on any atom is 0.266 e. The van der Waals surface area contributed by atoms with E-state index in [9.17, 15) is 24.1 Å². The van der Waals surface area contributed by atoms with Crippen LogP contribution in [0, 0.1) is 34.3 Å². The van der Waals surface area contributed by atoms with E-state index >= 15 is 0 Å². The zero-order valence-electron chi connectivity index (χ0n) is 16.7. The number of hydrogen-bond acceptors (Lipinski definition) is 9. The summed E-state index contributed by atoms with van der Waals surface area (Å²) in [4.78, 5) is 25.3. The minimum Gasteiger partial charge on any atom is -0.382 e. The zero-order chi connectivity index (χ0) is 23.7. The molecule has 0 unspecified atom stereocenters. The Kier molecular flexibility index (Phi) is 5.26. The molecule has 0 bridgehead atoms. The number of hydrogen-bond donors (Lipinski definition) is 3. The van der Waals surface area contributed by atoms with Crippen LogP contribution in [0.5, 0.6) is 0 Å². The van der Waals surface area contributed by atoms with Crippen LogP contribution in [0.3, 0.4) is 0 Å². The molecule has 0 aliphatic carbocycles. The van der Waals surface area contributed by atoms with Crippen LogP contribution in [0.1, 0.15) is 17.0 Å². The Morgan fingerprint density at radius 1 is 1.03 bits per heavy atom. The standard InChI is InChI=1S/C21H13F2N9O/c22-11-2-1-3-13(5-11)32-16(9-28-19-15(8-25)18(26)30-21(27)31-19)29-17-10(7-24)4-12(23)6-14(17)20(32)33/h1-6H,9H2,(H5,26,27,28,30,31). The van der Waals surface area contributed by atoms with E-state index in [0.29, 0.717) is 0 Å². The summed E-state index contributed by atoms with van der Waals surface area (Å²) in [5.74, 6) is -1.73. The summed E-state index contributed by atoms with van der Waals surface area (Å²) in [5, 5.41) is 21.4. The van der Waals surface area contributed by atoms with Gasteiger partial charge in [-0.25, -0.2) is 13.8 Å². The topological polar surface area (TPSA) is 172 Å². The van der Waals surface area contributed by atoms with Crippen molar-refractivity contribution in [2.45, 2.75) is 6.54 Å². The Bertz CT molecular complexity index is 1570. The van der Waals surface area contributed by atoms with Crippen molar-refractivity contribution in [3.8, 4) is 17.8 Å². The Labute approximate surface area is 184 Å². The normalized spacial score (nSPS) is 10.5. The molecule has 4 rings (SSSR count). The molecule has 33 heavy (non-hydrogen) atoms. The van der Waals surface area contributed by atoms with E-state index in [1.54, 1.807) is 0 Å². The van der Waals surface area contributed by atoms with Crippen molar-refractivity contribution in [1.29, 1.82) is 10.5 Å². The number of nitrogens with one attached hydrogen (secondary N) is 1. The molecule has 2 heterocycles. The van der Waals surface area contributed by atoms with E-state index in [-0.39, 0.29) is 57.7 Å². The Morgan fingerprint density at radius 2 is 1.82 bits per heavy atom. The highest BCUT2D eigenvalue weighted by atomic mass is 19.1. The molecule has 10 nitrogen and oxygen atoms in total. The lowest BCUT2D eigenvalue weighted by Crippen LogP contribution is -2.26. The zero-order valence-corrected chi connectivity index (χ0v) is 16.7. The van der Waals surface area contributed by atoms with Crippen LogP contribution in [0.25, 0.3) is 16.6 Å². The third kappa shape index (κ3) is 3.84. The van der Waals surface area contributed by atoms with Crippen LogP contribution in [-0.2, 0) is 6.54 Å². The molecule has 2 aromatic carbocycles. The molecule has 0 aliphatic rings. The van der Waals surface area contributed by atoms with E-state index in [1.165, 1.54) is 18.2 Å². The summed E-state index contributed by atoms with van der Waals surface area (Å²) in [6.07, 6.45) is 0. The van der Waals surface area contributed by atoms with Gasteiger partial charge in [0.1, 0.15) is 41.0 Å². The van der Waals surface area contributed by atoms with E-state index in [1.807, 2.05) is 12.1 Å². The lowest BCUT2D eigenvalue weighted by molar-refractivity contribution is 0.625. The van der Waals surface area contributed by atoms with Gasteiger partial charge in [-0.05, 0) is 30.3 Å². The Morgan fingerprint density at radius 3 is 2.52 bits per heavy atom. The maximum atomic E-state index is 14.0. The summed E-state index contributed by atoms with van der Waals surface area (Å²) in [6, 6.07) is 10.7. The van der Waals surface area contributed by atoms with Gasteiger partial charge in [-0.1, -0.05) is 6.07 Å². The highest BCUT2D eigenvalue weighted by Gasteiger charge is 2.18. The minimum absolute atomic E-state index is 0.0118. The first-order valence-electron chi connectivity index (χ1n) is 9.30. The van der Waals surface area contributed by atoms with Gasteiger partial charge in [-0.15, -0.1) is 0 Å². The fourth-order valence-electron chi connectivity index (χ4n) is 3.28. The lowest BCUT2D eigenvalue weighted by Gasteiger charge is -2.16. The summed E-state index contributed by atoms with van der Waals surface area (Å²) in [6.45, 7) is -0.214. The lowest BCUT2D eigenvalue weighted by atomic mass is 10.1. The molecule has 12 heteroatoms. The first kappa shape index (κ1) is 21.1. The first-order chi connectivity index (χ1) is 15.8. The first-order valence-corrected chi connectivity index (χ1v) is 9.30. The number of halogens is 2. The van der Waals surface area contributed by atoms with Crippen LogP contribution in [0.4, 0.5) is 26.4 Å². The van der Waals surface area contributed by atoms with Gasteiger partial charge in [0, 0.05) is 0 Å². The van der Waals surface area contributed by atoms with Crippen molar-refractivity contribution in [2.75, 3.05) is 16.8 Å². The van der Waals surface area contributed by atoms with Crippen molar-refractivity contribution in [3.63, 3.8) is 0 Å². The van der Waals surface area contributed by atoms with Gasteiger partial charge < -0.3 is 16.8 Å². The molecule has 0 radical (unpaired) electrons. The monoisotopic (exact) mass is 445 g/mol. The highest BCUT2D eigenvalue weighted by molar-refractivity contribution is 5.84. The van der Waals surface area contributed by atoms with Crippen LogP contribution in [-0.4, -0.2) is 19.5 Å². The van der Waals surface area contributed by atoms with Gasteiger partial charge in [-0.3, -0.25) is 9.36 Å². The molecule has 0 spiro atoms. The maximum absolute atomic E-state index is 14.0. The molecule has 0 fully saturated rings. The van der Waals surface area contributed by atoms with Crippen LogP contribution >= 0.6 is 0 Å². The number of fused-ring (bicyclic) bond motifs is 1. The van der Waals surface area contributed by atoms with Gasteiger partial charge in [0.2, 0.25) is 5.95 Å². The van der Waals surface area contributed by atoms with E-state index in [2.05, 4.69) is 20.3 Å². The number of rotatable bonds is 4. The molecular formula is C21H13F2N9O. The fourth-order valence-corrected chi connectivity index (χ4v) is 3.28. The number of nitrogens with zero attached hydrogens (tertiary/aromatic N) is 6. The second-order valence-corrected chi connectivity index (χ2v) is 6.77. The summed E-state index contributed by atoms with van der Waals surface area (Å²) in [7, 11) is 0. The van der Waals surface area contributed by atoms with E-state index in [4.69, 9.17) is 11.5 Å². The van der Waals surface area contributed by atoms with Gasteiger partial charge in [0.05, 0.1) is 28.7 Å². The van der Waals surface area contributed by atoms with Crippen LogP contribution in [0.15, 0.2) is 41.2 Å². The fraction of sp³-hybridized carbons (Fsp3) is 0.0476. The summed E-state index contributed by atoms with van der Waals surface area (Å²) < 4.78 is 29.0. The average molecular weight is 445 g/mol. The molecule has 162 valence electrons. The Hall–Kier alpha value is -5.10. The molecule has 4 aromatic rings. The number of nitrogens with two attached hydrogens (primary N) is 2. The predicted octanol–water partition coefficient (Wildman–Crippen LogP) is 1.97. The minimum atomic E-state index is -0.791. The van der Waals surface area contributed by atoms with E-state index < -0.39 is 17.2 Å². The number of anilines is 3. The molecule has 5 N–H and O–H groups in total. The van der Waals surface area contributed by atoms with Gasteiger partial charge in [0.15, 0.2) is 5.82 Å². The Balaban J connectivity index is 1.95. The molecule has 0 saturated carbocycles. The highest BCUT2D eigenvalue weighted by Crippen LogP contribution is 2.22. The number of benzene rings is 2. The molecule has 0 aliphatic heterocycles. The van der Waals surface area contributed by atoms with E-state index in [0.717, 1.165) is 22.8 Å². The van der Waals surface area contributed by atoms with Crippen LogP contribution < -0.4 is 22.3 Å². The number of nitriles is 2. The van der Waals surface area contributed by atoms with Crippen LogP contribution in [0.2, 0.25) is 0 Å². The average Bonchev–Trinajstić information content (AvgIpc) is 2.77. The molecule has 0 saturated heterocycles. The SMILES string of the molecule is N#Cc1c(N)nc(N)nc1NCc1nc2c(C#N)cc(F)cc2c(=O)n1-c1cccc(F)c1. The van der Waals surface area contributed by atoms with Gasteiger partial charge in [-0.2, -0.15) is 20.5 Å². The molecule has 2 aromatic heterocycles. The summed E-state index contributed by atoms with van der Waals surface area (Å²) in [5.41, 5.74) is 10.5. The summed E-state index contributed by atoms with van der Waals surface area (Å²) >= 11 is 0. The molecule has 0 amide bonds. The second kappa shape index (κ2) is 8.20. The number of aromatic nitrogens is 4. The van der Waals surface area contributed by atoms with Crippen molar-refractivity contribution in [1.82, 2.24) is 19.5 Å².